The van der Waals surface area contributed by atoms with Gasteiger partial charge in [-0.25, -0.2) is 9.97 Å². The number of nitrogens with zero attached hydrogens (tertiary/aromatic N) is 5. The second-order valence-corrected chi connectivity index (χ2v) is 6.67. The Labute approximate surface area is 188 Å². The van der Waals surface area contributed by atoms with Gasteiger partial charge in [-0.15, -0.1) is 24.0 Å². The molecule has 0 amide bonds. The molecule has 1 N–H and O–H groups in total. The van der Waals surface area contributed by atoms with Gasteiger partial charge in [-0.2, -0.15) is 0 Å². The Bertz CT molecular complexity index is 755. The number of benzene rings is 1. The highest BCUT2D eigenvalue weighted by Gasteiger charge is 2.22. The van der Waals surface area contributed by atoms with Crippen LogP contribution in [0.15, 0.2) is 47.7 Å². The number of piperazine rings is 1. The molecule has 9 heteroatoms. The molecule has 1 aliphatic heterocycles. The third kappa shape index (κ3) is 5.92. The Kier molecular flexibility index (Phi) is 9.20. The van der Waals surface area contributed by atoms with Gasteiger partial charge in [-0.05, 0) is 23.8 Å². The van der Waals surface area contributed by atoms with Gasteiger partial charge in [0.15, 0.2) is 5.96 Å². The number of guanidine groups is 1. The van der Waals surface area contributed by atoms with Gasteiger partial charge in [0.2, 0.25) is 5.95 Å². The highest BCUT2D eigenvalue weighted by molar-refractivity contribution is 14.0. The number of methoxy groups -OCH3 is 1. The molecule has 28 heavy (non-hydrogen) atoms. The molecule has 2 heterocycles. The Morgan fingerprint density at radius 3 is 2.54 bits per heavy atom. The summed E-state index contributed by atoms with van der Waals surface area (Å²) in [6, 6.07) is 9.57. The van der Waals surface area contributed by atoms with Crippen LogP contribution in [-0.4, -0.2) is 67.7 Å². The summed E-state index contributed by atoms with van der Waals surface area (Å²) in [7, 11) is 3.50. The summed E-state index contributed by atoms with van der Waals surface area (Å²) >= 11 is 6.10. The van der Waals surface area contributed by atoms with Crippen molar-refractivity contribution in [3.63, 3.8) is 0 Å². The van der Waals surface area contributed by atoms with Crippen LogP contribution >= 0.6 is 35.6 Å². The molecule has 0 saturated carbocycles. The van der Waals surface area contributed by atoms with E-state index in [0.29, 0.717) is 11.6 Å². The fourth-order valence-electron chi connectivity index (χ4n) is 3.13. The summed E-state index contributed by atoms with van der Waals surface area (Å²) in [5.74, 6) is 1.65. The van der Waals surface area contributed by atoms with Crippen LogP contribution in [-0.2, 0) is 4.74 Å². The van der Waals surface area contributed by atoms with Crippen LogP contribution in [0.5, 0.6) is 0 Å². The van der Waals surface area contributed by atoms with E-state index in [2.05, 4.69) is 30.1 Å². The average molecular weight is 517 g/mol. The molecule has 152 valence electrons. The molecule has 3 rings (SSSR count). The zero-order valence-electron chi connectivity index (χ0n) is 16.1. The summed E-state index contributed by atoms with van der Waals surface area (Å²) in [6.45, 7) is 4.03. The minimum atomic E-state index is -0.0977. The summed E-state index contributed by atoms with van der Waals surface area (Å²) in [6.07, 6.45) is 3.45. The molecule has 2 aromatic rings. The summed E-state index contributed by atoms with van der Waals surface area (Å²) in [5, 5.41) is 4.13. The lowest BCUT2D eigenvalue weighted by molar-refractivity contribution is 0.105. The van der Waals surface area contributed by atoms with Crippen molar-refractivity contribution in [3.05, 3.63) is 53.3 Å². The lowest BCUT2D eigenvalue weighted by atomic mass is 10.1. The summed E-state index contributed by atoms with van der Waals surface area (Å²) in [4.78, 5) is 17.5. The van der Waals surface area contributed by atoms with Crippen molar-refractivity contribution in [3.8, 4) is 0 Å². The monoisotopic (exact) mass is 516 g/mol. The molecule has 0 spiro atoms. The molecule has 1 aliphatic rings. The fourth-order valence-corrected chi connectivity index (χ4v) is 3.33. The zero-order valence-corrected chi connectivity index (χ0v) is 19.2. The molecule has 1 unspecified atom stereocenters. The van der Waals surface area contributed by atoms with E-state index >= 15 is 0 Å². The zero-order chi connectivity index (χ0) is 19.1. The molecule has 0 aliphatic carbocycles. The molecule has 7 nitrogen and oxygen atoms in total. The minimum Gasteiger partial charge on any atom is -0.375 e. The van der Waals surface area contributed by atoms with Gasteiger partial charge in [0, 0.05) is 64.3 Å². The number of rotatable bonds is 5. The average Bonchev–Trinajstić information content (AvgIpc) is 2.72. The van der Waals surface area contributed by atoms with Crippen molar-refractivity contribution >= 4 is 47.5 Å². The molecule has 1 aromatic heterocycles. The van der Waals surface area contributed by atoms with Gasteiger partial charge in [0.05, 0.1) is 6.10 Å². The second kappa shape index (κ2) is 11.4. The second-order valence-electron chi connectivity index (χ2n) is 6.23. The largest absolute Gasteiger partial charge is 0.375 e. The maximum atomic E-state index is 6.10. The third-order valence-corrected chi connectivity index (χ3v) is 4.81. The van der Waals surface area contributed by atoms with Gasteiger partial charge >= 0.3 is 0 Å². The highest BCUT2D eigenvalue weighted by Crippen LogP contribution is 2.20. The van der Waals surface area contributed by atoms with E-state index in [4.69, 9.17) is 16.3 Å². The Morgan fingerprint density at radius 2 is 1.93 bits per heavy atom. The Hall–Kier alpha value is -1.65. The number of halogens is 2. The number of hydrogen-bond acceptors (Lipinski definition) is 5. The van der Waals surface area contributed by atoms with Crippen molar-refractivity contribution in [1.82, 2.24) is 20.2 Å². The van der Waals surface area contributed by atoms with Crippen molar-refractivity contribution < 1.29 is 4.74 Å². The first-order valence-corrected chi connectivity index (χ1v) is 9.35. The van der Waals surface area contributed by atoms with E-state index in [1.165, 1.54) is 0 Å². The van der Waals surface area contributed by atoms with Crippen LogP contribution in [0.2, 0.25) is 5.02 Å². The van der Waals surface area contributed by atoms with Crippen LogP contribution in [0.1, 0.15) is 11.7 Å². The molecule has 1 saturated heterocycles. The molecule has 0 radical (unpaired) electrons. The summed E-state index contributed by atoms with van der Waals surface area (Å²) < 4.78 is 5.63. The van der Waals surface area contributed by atoms with E-state index < -0.39 is 0 Å². The maximum Gasteiger partial charge on any atom is 0.225 e. The first kappa shape index (κ1) is 22.6. The number of nitrogens with one attached hydrogen (secondary N) is 1. The van der Waals surface area contributed by atoms with E-state index in [9.17, 15) is 0 Å². The molecular weight excluding hydrogens is 491 g/mol. The molecular formula is C19H26ClIN6O. The smallest absolute Gasteiger partial charge is 0.225 e. The van der Waals surface area contributed by atoms with E-state index in [1.807, 2.05) is 30.3 Å². The number of anilines is 1. The SMILES string of the molecule is CN=C(NCC(OC)c1cccc(Cl)c1)N1CCN(c2ncccn2)CC1.I. The van der Waals surface area contributed by atoms with Crippen molar-refractivity contribution in [2.45, 2.75) is 6.10 Å². The van der Waals surface area contributed by atoms with Gasteiger partial charge < -0.3 is 19.9 Å². The molecule has 0 bridgehead atoms. The van der Waals surface area contributed by atoms with Crippen molar-refractivity contribution in [1.29, 1.82) is 0 Å². The van der Waals surface area contributed by atoms with Crippen molar-refractivity contribution in [2.24, 2.45) is 4.99 Å². The standard InChI is InChI=1S/C19H25ClN6O.HI/c1-21-18(24-14-17(27-2)15-5-3-6-16(20)13-15)25-9-11-26(12-10-25)19-22-7-4-8-23-19;/h3-8,13,17H,9-12,14H2,1-2H3,(H,21,24);1H. The third-order valence-electron chi connectivity index (χ3n) is 4.58. The Balaban J connectivity index is 0.00000280. The van der Waals surface area contributed by atoms with Crippen LogP contribution in [0.25, 0.3) is 0 Å². The van der Waals surface area contributed by atoms with Gasteiger partial charge in [-0.1, -0.05) is 23.7 Å². The predicted octanol–water partition coefficient (Wildman–Crippen LogP) is 2.83. The number of aliphatic imine (C=N–C) groups is 1. The summed E-state index contributed by atoms with van der Waals surface area (Å²) in [5.41, 5.74) is 1.04. The number of aromatic nitrogens is 2. The van der Waals surface area contributed by atoms with E-state index in [-0.39, 0.29) is 30.1 Å². The van der Waals surface area contributed by atoms with E-state index in [0.717, 1.165) is 43.7 Å². The van der Waals surface area contributed by atoms with E-state index in [1.54, 1.807) is 26.6 Å². The Morgan fingerprint density at radius 1 is 1.21 bits per heavy atom. The normalized spacial score (nSPS) is 15.8. The molecule has 1 fully saturated rings. The number of ether oxygens (including phenoxy) is 1. The van der Waals surface area contributed by atoms with Gasteiger partial charge in [-0.3, -0.25) is 4.99 Å². The van der Waals surface area contributed by atoms with Gasteiger partial charge in [0.1, 0.15) is 0 Å². The van der Waals surface area contributed by atoms with Crippen LogP contribution in [0.3, 0.4) is 0 Å². The fraction of sp³-hybridized carbons (Fsp3) is 0.421. The topological polar surface area (TPSA) is 65.9 Å². The first-order chi connectivity index (χ1) is 13.2. The molecule has 1 atom stereocenters. The van der Waals surface area contributed by atoms with Crippen LogP contribution in [0.4, 0.5) is 5.95 Å². The number of hydrogen-bond donors (Lipinski definition) is 1. The predicted molar refractivity (Wildman–Crippen MR) is 124 cm³/mol. The van der Waals surface area contributed by atoms with Crippen LogP contribution in [0, 0.1) is 0 Å². The minimum absolute atomic E-state index is 0. The van der Waals surface area contributed by atoms with Crippen LogP contribution < -0.4 is 10.2 Å². The lowest BCUT2D eigenvalue weighted by Crippen LogP contribution is -2.53. The van der Waals surface area contributed by atoms with Gasteiger partial charge in [0.25, 0.3) is 0 Å². The molecule has 1 aromatic carbocycles. The first-order valence-electron chi connectivity index (χ1n) is 8.97. The highest BCUT2D eigenvalue weighted by atomic mass is 127. The van der Waals surface area contributed by atoms with Crippen molar-refractivity contribution in [2.75, 3.05) is 51.8 Å². The lowest BCUT2D eigenvalue weighted by Gasteiger charge is -2.36. The maximum absolute atomic E-state index is 6.10. The quantitative estimate of drug-likeness (QED) is 0.375.